The average Bonchev–Trinajstić information content (AvgIpc) is 2.88. The van der Waals surface area contributed by atoms with Crippen LogP contribution >= 0.6 is 11.8 Å². The maximum atomic E-state index is 4.49. The average molecular weight is 223 g/mol. The minimum atomic E-state index is 0.552. The molecule has 3 nitrogen and oxygen atoms in total. The predicted molar refractivity (Wildman–Crippen MR) is 63.1 cm³/mol. The smallest absolute Gasteiger partial charge is 0.0949 e. The molecule has 2 aliphatic rings. The lowest BCUT2D eigenvalue weighted by Crippen LogP contribution is -2.36. The third-order valence-electron chi connectivity index (χ3n) is 3.52. The second-order valence-electron chi connectivity index (χ2n) is 4.49. The number of nitrogens with one attached hydrogen (secondary N) is 1. The van der Waals surface area contributed by atoms with Crippen molar-refractivity contribution in [3.05, 3.63) is 17.7 Å². The van der Waals surface area contributed by atoms with Gasteiger partial charge in [-0.3, -0.25) is 0 Å². The van der Waals surface area contributed by atoms with E-state index >= 15 is 0 Å². The minimum absolute atomic E-state index is 0.552. The molecule has 1 aromatic rings. The molecular formula is C11H17N3S. The zero-order valence-electron chi connectivity index (χ0n) is 9.07. The maximum absolute atomic E-state index is 4.49. The SMILES string of the molecule is Cn1cnc2c1C(C1CCSC1)NCC2. The quantitative estimate of drug-likeness (QED) is 0.779. The summed E-state index contributed by atoms with van der Waals surface area (Å²) >= 11 is 2.09. The molecule has 1 aromatic heterocycles. The van der Waals surface area contributed by atoms with Gasteiger partial charge in [-0.05, 0) is 23.8 Å². The van der Waals surface area contributed by atoms with Crippen molar-refractivity contribution in [1.82, 2.24) is 14.9 Å². The molecule has 2 atom stereocenters. The first kappa shape index (κ1) is 9.73. The summed E-state index contributed by atoms with van der Waals surface area (Å²) in [7, 11) is 2.12. The molecule has 4 heteroatoms. The number of imidazole rings is 1. The fraction of sp³-hybridized carbons (Fsp3) is 0.727. The molecule has 15 heavy (non-hydrogen) atoms. The zero-order valence-corrected chi connectivity index (χ0v) is 9.89. The van der Waals surface area contributed by atoms with Gasteiger partial charge in [0.1, 0.15) is 0 Å². The highest BCUT2D eigenvalue weighted by molar-refractivity contribution is 7.99. The van der Waals surface area contributed by atoms with Crippen molar-refractivity contribution < 1.29 is 0 Å². The first-order valence-corrected chi connectivity index (χ1v) is 6.83. The normalized spacial score (nSPS) is 30.5. The van der Waals surface area contributed by atoms with Gasteiger partial charge < -0.3 is 9.88 Å². The summed E-state index contributed by atoms with van der Waals surface area (Å²) in [6.45, 7) is 1.09. The molecule has 2 aliphatic heterocycles. The van der Waals surface area contributed by atoms with E-state index in [4.69, 9.17) is 0 Å². The molecule has 1 N–H and O–H groups in total. The largest absolute Gasteiger partial charge is 0.336 e. The lowest BCUT2D eigenvalue weighted by atomic mass is 9.92. The summed E-state index contributed by atoms with van der Waals surface area (Å²) in [4.78, 5) is 4.49. The van der Waals surface area contributed by atoms with Gasteiger partial charge in [-0.2, -0.15) is 11.8 Å². The maximum Gasteiger partial charge on any atom is 0.0949 e. The Morgan fingerprint density at radius 3 is 3.33 bits per heavy atom. The Bertz CT molecular complexity index is 355. The van der Waals surface area contributed by atoms with E-state index in [0.29, 0.717) is 6.04 Å². The van der Waals surface area contributed by atoms with Crippen LogP contribution in [-0.2, 0) is 13.5 Å². The highest BCUT2D eigenvalue weighted by Crippen LogP contribution is 2.36. The molecule has 3 rings (SSSR count). The first-order valence-electron chi connectivity index (χ1n) is 5.67. The van der Waals surface area contributed by atoms with E-state index in [1.54, 1.807) is 0 Å². The summed E-state index contributed by atoms with van der Waals surface area (Å²) in [5.41, 5.74) is 2.76. The monoisotopic (exact) mass is 223 g/mol. The molecule has 0 aliphatic carbocycles. The van der Waals surface area contributed by atoms with Gasteiger partial charge in [-0.1, -0.05) is 0 Å². The number of thioether (sulfide) groups is 1. The molecule has 0 bridgehead atoms. The minimum Gasteiger partial charge on any atom is -0.336 e. The van der Waals surface area contributed by atoms with Crippen LogP contribution in [0.1, 0.15) is 23.9 Å². The number of fused-ring (bicyclic) bond motifs is 1. The van der Waals surface area contributed by atoms with Crippen molar-refractivity contribution in [1.29, 1.82) is 0 Å². The Kier molecular flexibility index (Phi) is 2.48. The summed E-state index contributed by atoms with van der Waals surface area (Å²) in [6.07, 6.45) is 4.41. The van der Waals surface area contributed by atoms with Crippen LogP contribution in [0.2, 0.25) is 0 Å². The molecule has 0 spiro atoms. The molecule has 0 amide bonds. The van der Waals surface area contributed by atoms with Gasteiger partial charge in [0.2, 0.25) is 0 Å². The third-order valence-corrected chi connectivity index (χ3v) is 4.71. The topological polar surface area (TPSA) is 29.9 Å². The molecule has 0 aromatic carbocycles. The Morgan fingerprint density at radius 1 is 1.60 bits per heavy atom. The molecule has 0 radical (unpaired) electrons. The highest BCUT2D eigenvalue weighted by Gasteiger charge is 2.32. The zero-order chi connectivity index (χ0) is 10.3. The van der Waals surface area contributed by atoms with Crippen molar-refractivity contribution in [2.45, 2.75) is 18.9 Å². The number of hydrogen-bond donors (Lipinski definition) is 1. The molecule has 0 saturated carbocycles. The van der Waals surface area contributed by atoms with Crippen molar-refractivity contribution >= 4 is 11.8 Å². The Balaban J connectivity index is 1.93. The van der Waals surface area contributed by atoms with Gasteiger partial charge in [0.15, 0.2) is 0 Å². The molecule has 3 heterocycles. The van der Waals surface area contributed by atoms with Gasteiger partial charge in [-0.25, -0.2) is 4.98 Å². The van der Waals surface area contributed by atoms with E-state index in [1.165, 1.54) is 29.3 Å². The summed E-state index contributed by atoms with van der Waals surface area (Å²) < 4.78 is 2.20. The number of hydrogen-bond acceptors (Lipinski definition) is 3. The van der Waals surface area contributed by atoms with Gasteiger partial charge in [0.05, 0.1) is 23.8 Å². The van der Waals surface area contributed by atoms with E-state index in [-0.39, 0.29) is 0 Å². The molecular weight excluding hydrogens is 206 g/mol. The Labute approximate surface area is 94.7 Å². The Morgan fingerprint density at radius 2 is 2.53 bits per heavy atom. The van der Waals surface area contributed by atoms with Crippen LogP contribution in [0.5, 0.6) is 0 Å². The van der Waals surface area contributed by atoms with E-state index in [2.05, 4.69) is 33.7 Å². The highest BCUT2D eigenvalue weighted by atomic mass is 32.2. The third kappa shape index (κ3) is 1.60. The van der Waals surface area contributed by atoms with E-state index in [1.807, 2.05) is 6.33 Å². The van der Waals surface area contributed by atoms with Crippen LogP contribution in [0.4, 0.5) is 0 Å². The predicted octanol–water partition coefficient (Wildman–Crippen LogP) is 1.36. The molecule has 1 fully saturated rings. The van der Waals surface area contributed by atoms with Crippen LogP contribution in [0.3, 0.4) is 0 Å². The number of aryl methyl sites for hydroxylation is 1. The fourth-order valence-electron chi connectivity index (χ4n) is 2.73. The molecule has 1 saturated heterocycles. The van der Waals surface area contributed by atoms with Crippen molar-refractivity contribution in [3.63, 3.8) is 0 Å². The van der Waals surface area contributed by atoms with E-state index in [9.17, 15) is 0 Å². The van der Waals surface area contributed by atoms with Gasteiger partial charge in [-0.15, -0.1) is 0 Å². The molecule has 2 unspecified atom stereocenters. The van der Waals surface area contributed by atoms with Crippen LogP contribution in [-0.4, -0.2) is 27.6 Å². The number of rotatable bonds is 1. The van der Waals surface area contributed by atoms with Crippen molar-refractivity contribution in [3.8, 4) is 0 Å². The van der Waals surface area contributed by atoms with Gasteiger partial charge >= 0.3 is 0 Å². The summed E-state index contributed by atoms with van der Waals surface area (Å²) in [5, 5.41) is 3.67. The first-order chi connectivity index (χ1) is 7.36. The molecule has 82 valence electrons. The van der Waals surface area contributed by atoms with Crippen LogP contribution in [0.25, 0.3) is 0 Å². The summed E-state index contributed by atoms with van der Waals surface area (Å²) in [5.74, 6) is 3.45. The van der Waals surface area contributed by atoms with E-state index < -0.39 is 0 Å². The Hall–Kier alpha value is -0.480. The van der Waals surface area contributed by atoms with Gasteiger partial charge in [0, 0.05) is 20.0 Å². The fourth-order valence-corrected chi connectivity index (χ4v) is 4.03. The van der Waals surface area contributed by atoms with Gasteiger partial charge in [0.25, 0.3) is 0 Å². The second-order valence-corrected chi connectivity index (χ2v) is 5.64. The number of nitrogens with zero attached hydrogens (tertiary/aromatic N) is 2. The summed E-state index contributed by atoms with van der Waals surface area (Å²) in [6, 6.07) is 0.552. The van der Waals surface area contributed by atoms with Crippen molar-refractivity contribution in [2.75, 3.05) is 18.1 Å². The lowest BCUT2D eigenvalue weighted by molar-refractivity contribution is 0.361. The number of aromatic nitrogens is 2. The van der Waals surface area contributed by atoms with Crippen LogP contribution < -0.4 is 5.32 Å². The lowest BCUT2D eigenvalue weighted by Gasteiger charge is -2.29. The van der Waals surface area contributed by atoms with E-state index in [0.717, 1.165) is 18.9 Å². The van der Waals surface area contributed by atoms with Crippen LogP contribution in [0, 0.1) is 5.92 Å². The van der Waals surface area contributed by atoms with Crippen LogP contribution in [0.15, 0.2) is 6.33 Å². The van der Waals surface area contributed by atoms with Crippen molar-refractivity contribution in [2.24, 2.45) is 13.0 Å². The standard InChI is InChI=1S/C11H17N3S/c1-14-7-13-9-2-4-12-10(11(9)14)8-3-5-15-6-8/h7-8,10,12H,2-6H2,1H3. The second kappa shape index (κ2) is 3.83.